The van der Waals surface area contributed by atoms with E-state index in [1.165, 1.54) is 18.0 Å². The van der Waals surface area contributed by atoms with Gasteiger partial charge >= 0.3 is 5.97 Å². The minimum Gasteiger partial charge on any atom is -0.477 e. The lowest BCUT2D eigenvalue weighted by Gasteiger charge is -2.18. The number of rotatable bonds is 2. The summed E-state index contributed by atoms with van der Waals surface area (Å²) in [5, 5.41) is 8.71. The molecule has 0 bridgehead atoms. The number of sulfone groups is 1. The van der Waals surface area contributed by atoms with Gasteiger partial charge in [0.05, 0.1) is 5.70 Å². The van der Waals surface area contributed by atoms with Gasteiger partial charge in [-0.15, -0.1) is 0 Å². The molecule has 7 nitrogen and oxygen atoms in total. The zero-order valence-electron chi connectivity index (χ0n) is 8.58. The van der Waals surface area contributed by atoms with Crippen LogP contribution in [0.2, 0.25) is 0 Å². The van der Waals surface area contributed by atoms with Crippen LogP contribution in [0.1, 0.15) is 0 Å². The summed E-state index contributed by atoms with van der Waals surface area (Å²) in [5.74, 6) is -0.996. The second kappa shape index (κ2) is 3.14. The molecule has 0 radical (unpaired) electrons. The minimum absolute atomic E-state index is 0.132. The minimum atomic E-state index is -3.35. The quantitative estimate of drug-likeness (QED) is 0.676. The van der Waals surface area contributed by atoms with Gasteiger partial charge in [0.15, 0.2) is 21.4 Å². The van der Waals surface area contributed by atoms with E-state index in [1.54, 1.807) is 0 Å². The van der Waals surface area contributed by atoms with Gasteiger partial charge < -0.3 is 10.0 Å². The van der Waals surface area contributed by atoms with Crippen LogP contribution in [0.4, 0.5) is 0 Å². The number of carbonyl (C=O) groups is 1. The first-order valence-electron chi connectivity index (χ1n) is 4.34. The number of fused-ring (bicyclic) bond motifs is 1. The SMILES string of the molecule is CN1C2=CC(C(=O)O)=NC2=NC1S(C)(=O)=O. The first-order valence-corrected chi connectivity index (χ1v) is 6.29. The second-order valence-corrected chi connectivity index (χ2v) is 5.63. The third-order valence-electron chi connectivity index (χ3n) is 2.27. The lowest BCUT2D eigenvalue weighted by molar-refractivity contribution is -0.129. The van der Waals surface area contributed by atoms with Gasteiger partial charge in [-0.3, -0.25) is 0 Å². The summed E-state index contributed by atoms with van der Waals surface area (Å²) in [4.78, 5) is 19.6. The smallest absolute Gasteiger partial charge is 0.354 e. The van der Waals surface area contributed by atoms with Crippen LogP contribution in [0.25, 0.3) is 0 Å². The molecular weight excluding hydrogens is 234 g/mol. The van der Waals surface area contributed by atoms with E-state index in [-0.39, 0.29) is 11.5 Å². The Morgan fingerprint density at radius 1 is 1.56 bits per heavy atom. The topological polar surface area (TPSA) is 99.4 Å². The van der Waals surface area contributed by atoms with Crippen LogP contribution in [0.3, 0.4) is 0 Å². The number of aliphatic carboxylic acids is 1. The number of hydrogen-bond acceptors (Lipinski definition) is 6. The summed E-state index contributed by atoms with van der Waals surface area (Å²) in [6.45, 7) is 0. The van der Waals surface area contributed by atoms with E-state index in [2.05, 4.69) is 9.98 Å². The number of carboxylic acid groups (broad SMARTS) is 1. The van der Waals surface area contributed by atoms with Crippen LogP contribution in [-0.4, -0.2) is 54.7 Å². The van der Waals surface area contributed by atoms with Gasteiger partial charge in [-0.2, -0.15) is 0 Å². The van der Waals surface area contributed by atoms with Gasteiger partial charge in [-0.25, -0.2) is 23.2 Å². The molecule has 0 saturated carbocycles. The monoisotopic (exact) mass is 243 g/mol. The molecule has 0 aliphatic carbocycles. The molecule has 0 fully saturated rings. The summed E-state index contributed by atoms with van der Waals surface area (Å²) >= 11 is 0. The summed E-state index contributed by atoms with van der Waals surface area (Å²) in [6.07, 6.45) is 2.38. The number of amidine groups is 1. The van der Waals surface area contributed by atoms with E-state index in [4.69, 9.17) is 5.11 Å². The molecule has 0 spiro atoms. The van der Waals surface area contributed by atoms with Gasteiger partial charge in [-0.05, 0) is 6.08 Å². The Hall–Kier alpha value is -1.70. The highest BCUT2D eigenvalue weighted by Crippen LogP contribution is 2.26. The van der Waals surface area contributed by atoms with Crippen molar-refractivity contribution >= 4 is 27.4 Å². The Bertz CT molecular complexity index is 558. The average molecular weight is 243 g/mol. The van der Waals surface area contributed by atoms with Crippen molar-refractivity contribution in [2.45, 2.75) is 5.50 Å². The largest absolute Gasteiger partial charge is 0.477 e. The van der Waals surface area contributed by atoms with Crippen LogP contribution >= 0.6 is 0 Å². The molecule has 0 saturated heterocycles. The molecule has 2 heterocycles. The Morgan fingerprint density at radius 2 is 2.19 bits per heavy atom. The maximum atomic E-state index is 11.3. The number of likely N-dealkylation sites (N-methyl/N-ethyl adjacent to an activating group) is 1. The number of nitrogens with zero attached hydrogens (tertiary/aromatic N) is 3. The normalized spacial score (nSPS) is 23.8. The third kappa shape index (κ3) is 1.51. The van der Waals surface area contributed by atoms with E-state index < -0.39 is 21.3 Å². The standard InChI is InChI=1S/C8H9N3O4S/c1-11-5-3-4(7(12)13)9-6(5)10-8(11)16(2,14)15/h3,8H,1-2H3,(H,12,13). The first-order chi connectivity index (χ1) is 7.30. The zero-order valence-corrected chi connectivity index (χ0v) is 9.39. The molecule has 1 unspecified atom stereocenters. The molecule has 1 N–H and O–H groups in total. The fraction of sp³-hybridized carbons (Fsp3) is 0.375. The predicted molar refractivity (Wildman–Crippen MR) is 57.0 cm³/mol. The van der Waals surface area contributed by atoms with Crippen LogP contribution in [-0.2, 0) is 14.6 Å². The summed E-state index contributed by atoms with van der Waals surface area (Å²) in [5.41, 5.74) is -0.715. The number of carboxylic acids is 1. The first kappa shape index (κ1) is 10.8. The maximum absolute atomic E-state index is 11.3. The predicted octanol–water partition coefficient (Wildman–Crippen LogP) is -0.918. The van der Waals surface area contributed by atoms with Crippen molar-refractivity contribution in [1.82, 2.24) is 4.90 Å². The van der Waals surface area contributed by atoms with E-state index >= 15 is 0 Å². The van der Waals surface area contributed by atoms with E-state index in [0.29, 0.717) is 5.70 Å². The van der Waals surface area contributed by atoms with Gasteiger partial charge in [0.25, 0.3) is 0 Å². The molecule has 1 atom stereocenters. The molecular formula is C8H9N3O4S. The van der Waals surface area contributed by atoms with Crippen LogP contribution < -0.4 is 0 Å². The molecule has 2 aliphatic heterocycles. The molecule has 0 aromatic heterocycles. The van der Waals surface area contributed by atoms with Crippen molar-refractivity contribution < 1.29 is 18.3 Å². The Labute approximate surface area is 91.7 Å². The lowest BCUT2D eigenvalue weighted by Crippen LogP contribution is -2.31. The highest BCUT2D eigenvalue weighted by molar-refractivity contribution is 7.91. The van der Waals surface area contributed by atoms with Crippen LogP contribution in [0, 0.1) is 0 Å². The molecule has 86 valence electrons. The molecule has 0 amide bonds. The maximum Gasteiger partial charge on any atom is 0.354 e. The van der Waals surface area contributed by atoms with Gasteiger partial charge in [0, 0.05) is 13.3 Å². The van der Waals surface area contributed by atoms with Crippen molar-refractivity contribution in [3.8, 4) is 0 Å². The molecule has 2 rings (SSSR count). The van der Waals surface area contributed by atoms with Crippen LogP contribution in [0.15, 0.2) is 21.8 Å². The van der Waals surface area contributed by atoms with Crippen molar-refractivity contribution in [2.75, 3.05) is 13.3 Å². The Balaban J connectivity index is 2.43. The molecule has 0 aromatic carbocycles. The number of hydrogen-bond donors (Lipinski definition) is 1. The van der Waals surface area contributed by atoms with Gasteiger partial charge in [-0.1, -0.05) is 0 Å². The zero-order chi connectivity index (χ0) is 12.1. The van der Waals surface area contributed by atoms with E-state index in [9.17, 15) is 13.2 Å². The van der Waals surface area contributed by atoms with E-state index in [1.807, 2.05) is 0 Å². The average Bonchev–Trinajstić information content (AvgIpc) is 2.64. The molecule has 2 aliphatic rings. The second-order valence-electron chi connectivity index (χ2n) is 3.55. The van der Waals surface area contributed by atoms with Gasteiger partial charge in [0.1, 0.15) is 0 Å². The van der Waals surface area contributed by atoms with Gasteiger partial charge in [0.2, 0.25) is 5.50 Å². The highest BCUT2D eigenvalue weighted by atomic mass is 32.2. The molecule has 8 heteroatoms. The highest BCUT2D eigenvalue weighted by Gasteiger charge is 2.37. The van der Waals surface area contributed by atoms with Crippen molar-refractivity contribution in [2.24, 2.45) is 9.98 Å². The summed E-state index contributed by atoms with van der Waals surface area (Å²) < 4.78 is 22.7. The summed E-state index contributed by atoms with van der Waals surface area (Å²) in [7, 11) is -1.81. The third-order valence-corrected chi connectivity index (χ3v) is 3.46. The van der Waals surface area contributed by atoms with Crippen molar-refractivity contribution in [1.29, 1.82) is 0 Å². The molecule has 16 heavy (non-hydrogen) atoms. The molecule has 0 aromatic rings. The Kier molecular flexibility index (Phi) is 2.12. The fourth-order valence-electron chi connectivity index (χ4n) is 1.55. The lowest BCUT2D eigenvalue weighted by atomic mass is 10.3. The summed E-state index contributed by atoms with van der Waals surface area (Å²) in [6, 6.07) is 0. The number of aliphatic imine (C=N–C) groups is 2. The van der Waals surface area contributed by atoms with E-state index in [0.717, 1.165) is 6.26 Å². The van der Waals surface area contributed by atoms with Crippen LogP contribution in [0.5, 0.6) is 0 Å². The fourth-order valence-corrected chi connectivity index (χ4v) is 2.53. The van der Waals surface area contributed by atoms with Crippen molar-refractivity contribution in [3.63, 3.8) is 0 Å². The van der Waals surface area contributed by atoms with Crippen molar-refractivity contribution in [3.05, 3.63) is 11.8 Å². The Morgan fingerprint density at radius 3 is 2.62 bits per heavy atom.